The molecular formula is C9H15NO2. The topological polar surface area (TPSA) is 29.5 Å². The molecule has 0 aromatic heterocycles. The normalized spacial score (nSPS) is 25.0. The van der Waals surface area contributed by atoms with E-state index in [4.69, 9.17) is 0 Å². The number of esters is 1. The van der Waals surface area contributed by atoms with Crippen molar-refractivity contribution in [1.82, 2.24) is 4.90 Å². The molecule has 0 aliphatic carbocycles. The number of likely N-dealkylation sites (N-methyl/N-ethyl adjacent to an activating group) is 1. The Balaban J connectivity index is 2.39. The van der Waals surface area contributed by atoms with Crippen molar-refractivity contribution in [1.29, 1.82) is 0 Å². The van der Waals surface area contributed by atoms with Crippen molar-refractivity contribution < 1.29 is 9.53 Å². The van der Waals surface area contributed by atoms with Gasteiger partial charge in [0.25, 0.3) is 0 Å². The summed E-state index contributed by atoms with van der Waals surface area (Å²) in [5.41, 5.74) is 0. The van der Waals surface area contributed by atoms with E-state index in [1.165, 1.54) is 19.6 Å². The molecule has 0 aromatic rings. The van der Waals surface area contributed by atoms with Gasteiger partial charge < -0.3 is 4.74 Å². The highest BCUT2D eigenvalue weighted by molar-refractivity contribution is 5.81. The Labute approximate surface area is 73.0 Å². The molecule has 0 amide bonds. The number of likely N-dealkylation sites (tertiary alicyclic amines) is 1. The number of nitrogens with zero attached hydrogens (tertiary/aromatic N) is 1. The van der Waals surface area contributed by atoms with Crippen LogP contribution in [0.2, 0.25) is 0 Å². The van der Waals surface area contributed by atoms with Gasteiger partial charge in [0.2, 0.25) is 0 Å². The maximum Gasteiger partial charge on any atom is 0.330 e. The summed E-state index contributed by atoms with van der Waals surface area (Å²) >= 11 is 0. The van der Waals surface area contributed by atoms with Crippen LogP contribution in [-0.4, -0.2) is 37.6 Å². The van der Waals surface area contributed by atoms with E-state index in [9.17, 15) is 4.79 Å². The third-order valence-corrected chi connectivity index (χ3v) is 2.23. The van der Waals surface area contributed by atoms with Crippen LogP contribution in [0.25, 0.3) is 0 Å². The second kappa shape index (κ2) is 4.26. The van der Waals surface area contributed by atoms with Crippen molar-refractivity contribution in [3.63, 3.8) is 0 Å². The van der Waals surface area contributed by atoms with Crippen LogP contribution in [-0.2, 0) is 9.53 Å². The van der Waals surface area contributed by atoms with Gasteiger partial charge in [0.1, 0.15) is 0 Å². The Hall–Kier alpha value is -0.830. The maximum atomic E-state index is 10.7. The van der Waals surface area contributed by atoms with E-state index in [2.05, 4.69) is 16.7 Å². The van der Waals surface area contributed by atoms with E-state index >= 15 is 0 Å². The third-order valence-electron chi connectivity index (χ3n) is 2.23. The van der Waals surface area contributed by atoms with Crippen molar-refractivity contribution in [2.75, 3.05) is 20.7 Å². The van der Waals surface area contributed by atoms with E-state index in [1.54, 1.807) is 0 Å². The second-order valence-electron chi connectivity index (χ2n) is 3.07. The van der Waals surface area contributed by atoms with Crippen molar-refractivity contribution in [2.24, 2.45) is 0 Å². The summed E-state index contributed by atoms with van der Waals surface area (Å²) in [5.74, 6) is -0.268. The first-order valence-electron chi connectivity index (χ1n) is 4.20. The Bertz CT molecular complexity index is 189. The SMILES string of the molecule is COC(=O)/C=C\[C@@H]1CCCN1C. The van der Waals surface area contributed by atoms with Crippen molar-refractivity contribution in [3.05, 3.63) is 12.2 Å². The summed E-state index contributed by atoms with van der Waals surface area (Å²) in [6, 6.07) is 0.420. The number of carbonyl (C=O) groups is 1. The fraction of sp³-hybridized carbons (Fsp3) is 0.667. The van der Waals surface area contributed by atoms with Gasteiger partial charge in [0.05, 0.1) is 7.11 Å². The number of hydrogen-bond donors (Lipinski definition) is 0. The highest BCUT2D eigenvalue weighted by Crippen LogP contribution is 2.15. The minimum Gasteiger partial charge on any atom is -0.466 e. The van der Waals surface area contributed by atoms with Gasteiger partial charge in [-0.1, -0.05) is 6.08 Å². The van der Waals surface area contributed by atoms with Crippen LogP contribution in [0.3, 0.4) is 0 Å². The zero-order chi connectivity index (χ0) is 8.97. The molecule has 1 saturated heterocycles. The summed E-state index contributed by atoms with van der Waals surface area (Å²) in [6.45, 7) is 1.12. The lowest BCUT2D eigenvalue weighted by molar-refractivity contribution is -0.134. The van der Waals surface area contributed by atoms with Gasteiger partial charge >= 0.3 is 5.97 Å². The lowest BCUT2D eigenvalue weighted by Gasteiger charge is -2.14. The highest BCUT2D eigenvalue weighted by atomic mass is 16.5. The van der Waals surface area contributed by atoms with E-state index in [-0.39, 0.29) is 5.97 Å². The summed E-state index contributed by atoms with van der Waals surface area (Å²) in [7, 11) is 3.46. The lowest BCUT2D eigenvalue weighted by Crippen LogP contribution is -2.22. The van der Waals surface area contributed by atoms with Crippen LogP contribution in [0.5, 0.6) is 0 Å². The minimum absolute atomic E-state index is 0.268. The molecule has 3 nitrogen and oxygen atoms in total. The fourth-order valence-electron chi connectivity index (χ4n) is 1.44. The molecule has 0 saturated carbocycles. The molecule has 3 heteroatoms. The first-order chi connectivity index (χ1) is 5.74. The minimum atomic E-state index is -0.268. The Kier molecular flexibility index (Phi) is 3.29. The molecule has 1 rings (SSSR count). The van der Waals surface area contributed by atoms with Crippen molar-refractivity contribution in [2.45, 2.75) is 18.9 Å². The van der Waals surface area contributed by atoms with Crippen LogP contribution in [0.15, 0.2) is 12.2 Å². The molecule has 0 unspecified atom stereocenters. The Morgan fingerprint density at radius 2 is 2.42 bits per heavy atom. The average molecular weight is 169 g/mol. The third kappa shape index (κ3) is 2.34. The van der Waals surface area contributed by atoms with Crippen LogP contribution in [0.4, 0.5) is 0 Å². The molecule has 1 atom stereocenters. The average Bonchev–Trinajstić information content (AvgIpc) is 2.47. The van der Waals surface area contributed by atoms with Crippen LogP contribution < -0.4 is 0 Å². The van der Waals surface area contributed by atoms with E-state index in [1.807, 2.05) is 6.08 Å². The molecule has 1 fully saturated rings. The summed E-state index contributed by atoms with van der Waals surface area (Å²) in [4.78, 5) is 13.0. The molecule has 0 radical (unpaired) electrons. The first kappa shape index (κ1) is 9.26. The van der Waals surface area contributed by atoms with Gasteiger partial charge in [0, 0.05) is 12.1 Å². The largest absolute Gasteiger partial charge is 0.466 e. The summed E-state index contributed by atoms with van der Waals surface area (Å²) < 4.78 is 4.50. The lowest BCUT2D eigenvalue weighted by atomic mass is 10.2. The quantitative estimate of drug-likeness (QED) is 0.452. The monoisotopic (exact) mass is 169 g/mol. The van der Waals surface area contributed by atoms with Gasteiger partial charge in [-0.05, 0) is 26.4 Å². The zero-order valence-corrected chi connectivity index (χ0v) is 7.62. The number of rotatable bonds is 2. The summed E-state index contributed by atoms with van der Waals surface area (Å²) in [5, 5.41) is 0. The predicted octanol–water partition coefficient (Wildman–Crippen LogP) is 0.810. The molecule has 12 heavy (non-hydrogen) atoms. The molecular weight excluding hydrogens is 154 g/mol. The van der Waals surface area contributed by atoms with Crippen molar-refractivity contribution >= 4 is 5.97 Å². The molecule has 0 N–H and O–H groups in total. The zero-order valence-electron chi connectivity index (χ0n) is 7.62. The van der Waals surface area contributed by atoms with Crippen LogP contribution in [0, 0.1) is 0 Å². The first-order valence-corrected chi connectivity index (χ1v) is 4.20. The number of hydrogen-bond acceptors (Lipinski definition) is 3. The van der Waals surface area contributed by atoms with Gasteiger partial charge in [0.15, 0.2) is 0 Å². The fourth-order valence-corrected chi connectivity index (χ4v) is 1.44. The molecule has 0 spiro atoms. The maximum absolute atomic E-state index is 10.7. The number of ether oxygens (including phenoxy) is 1. The van der Waals surface area contributed by atoms with Gasteiger partial charge in [-0.2, -0.15) is 0 Å². The smallest absolute Gasteiger partial charge is 0.330 e. The number of carbonyl (C=O) groups excluding carboxylic acids is 1. The molecule has 1 aliphatic rings. The molecule has 0 aromatic carbocycles. The van der Waals surface area contributed by atoms with Crippen LogP contribution >= 0.6 is 0 Å². The van der Waals surface area contributed by atoms with Gasteiger partial charge in [-0.15, -0.1) is 0 Å². The van der Waals surface area contributed by atoms with E-state index < -0.39 is 0 Å². The molecule has 0 bridgehead atoms. The number of methoxy groups -OCH3 is 1. The standard InChI is InChI=1S/C9H15NO2/c1-10-7-3-4-8(10)5-6-9(11)12-2/h5-6,8H,3-4,7H2,1-2H3/b6-5-/t8-/m0/s1. The van der Waals surface area contributed by atoms with Crippen LogP contribution in [0.1, 0.15) is 12.8 Å². The molecule has 1 aliphatic heterocycles. The van der Waals surface area contributed by atoms with Gasteiger partial charge in [-0.3, -0.25) is 4.90 Å². The highest BCUT2D eigenvalue weighted by Gasteiger charge is 2.17. The Morgan fingerprint density at radius 1 is 1.67 bits per heavy atom. The summed E-state index contributed by atoms with van der Waals surface area (Å²) in [6.07, 6.45) is 5.78. The second-order valence-corrected chi connectivity index (χ2v) is 3.07. The van der Waals surface area contributed by atoms with E-state index in [0.717, 1.165) is 13.0 Å². The molecule has 68 valence electrons. The van der Waals surface area contributed by atoms with Gasteiger partial charge in [-0.25, -0.2) is 4.79 Å². The van der Waals surface area contributed by atoms with Crippen molar-refractivity contribution in [3.8, 4) is 0 Å². The Morgan fingerprint density at radius 3 is 2.92 bits per heavy atom. The molecule has 1 heterocycles. The van der Waals surface area contributed by atoms with E-state index in [0.29, 0.717) is 6.04 Å². The predicted molar refractivity (Wildman–Crippen MR) is 46.8 cm³/mol.